The van der Waals surface area contributed by atoms with E-state index in [9.17, 15) is 14.2 Å². The summed E-state index contributed by atoms with van der Waals surface area (Å²) in [6.07, 6.45) is -1.57. The number of phosphoric ester groups is 2. The van der Waals surface area contributed by atoms with Gasteiger partial charge in [0.1, 0.15) is 11.7 Å². The molecule has 0 aliphatic carbocycles. The highest BCUT2D eigenvalue weighted by Gasteiger charge is 2.48. The normalized spacial score (nSPS) is 50.7. The molecule has 1 aliphatic rings. The summed E-state index contributed by atoms with van der Waals surface area (Å²) in [5, 5.41) is 18.4. The molecule has 1 saturated heterocycles. The van der Waals surface area contributed by atoms with Crippen molar-refractivity contribution >= 4 is 15.6 Å². The van der Waals surface area contributed by atoms with E-state index in [-0.39, 0.29) is 0 Å². The van der Waals surface area contributed by atoms with Crippen molar-refractivity contribution in [3.05, 3.63) is 0 Å². The highest BCUT2D eigenvalue weighted by Crippen LogP contribution is 2.63. The molecule has 11 heteroatoms. The third-order valence-electron chi connectivity index (χ3n) is 1.94. The van der Waals surface area contributed by atoms with Crippen LogP contribution in [0.15, 0.2) is 0 Å². The Morgan fingerprint density at radius 2 is 1.94 bits per heavy atom. The van der Waals surface area contributed by atoms with Crippen molar-refractivity contribution < 1.29 is 42.5 Å². The molecule has 1 rings (SSSR count). The molecule has 16 heavy (non-hydrogen) atoms. The van der Waals surface area contributed by atoms with Crippen LogP contribution in [0.5, 0.6) is 0 Å². The first kappa shape index (κ1) is 14.2. The van der Waals surface area contributed by atoms with Gasteiger partial charge in [-0.3, -0.25) is 9.05 Å². The molecule has 0 bridgehead atoms. The molecule has 0 aromatic heterocycles. The molecule has 96 valence electrons. The number of aliphatic hydroxyl groups excluding tert-OH is 2. The summed E-state index contributed by atoms with van der Waals surface area (Å²) in [5.41, 5.74) is -1.83. The second-order valence-electron chi connectivity index (χ2n) is 3.39. The van der Waals surface area contributed by atoms with Gasteiger partial charge in [0.05, 0.1) is 13.2 Å². The van der Waals surface area contributed by atoms with Crippen LogP contribution >= 0.6 is 15.6 Å². The Morgan fingerprint density at radius 3 is 2.44 bits per heavy atom. The van der Waals surface area contributed by atoms with Crippen LogP contribution < -0.4 is 0 Å². The van der Waals surface area contributed by atoms with E-state index in [1.165, 1.54) is 0 Å². The van der Waals surface area contributed by atoms with Crippen LogP contribution in [0, 0.1) is 0 Å². The Bertz CT molecular complexity index is 356. The van der Waals surface area contributed by atoms with Gasteiger partial charge in [0.2, 0.25) is 0 Å². The summed E-state index contributed by atoms with van der Waals surface area (Å²) in [6.45, 7) is -0.368. The molecule has 4 atom stereocenters. The Kier molecular flexibility index (Phi) is 3.96. The van der Waals surface area contributed by atoms with Crippen LogP contribution in [-0.2, 0) is 22.5 Å². The Morgan fingerprint density at radius 1 is 1.38 bits per heavy atom. The zero-order valence-electron chi connectivity index (χ0n) is 8.22. The van der Waals surface area contributed by atoms with E-state index >= 15 is 0 Å². The first-order chi connectivity index (χ1) is 7.10. The van der Waals surface area contributed by atoms with Crippen molar-refractivity contribution in [1.82, 2.24) is 0 Å². The van der Waals surface area contributed by atoms with Gasteiger partial charge >= 0.3 is 15.6 Å². The average molecular weight is 278 g/mol. The van der Waals surface area contributed by atoms with E-state index in [4.69, 9.17) is 14.9 Å². The van der Waals surface area contributed by atoms with Gasteiger partial charge in [0.25, 0.3) is 0 Å². The number of aliphatic hydroxyl groups is 2. The maximum atomic E-state index is 11.2. The van der Waals surface area contributed by atoms with Crippen molar-refractivity contribution in [2.75, 3.05) is 13.2 Å². The molecule has 0 amide bonds. The van der Waals surface area contributed by atoms with Crippen molar-refractivity contribution in [3.63, 3.8) is 0 Å². The molecule has 9 nitrogen and oxygen atoms in total. The maximum Gasteiger partial charge on any atom is 0.481 e. The number of hydrogen-bond donors (Lipinski definition) is 4. The molecule has 0 aromatic carbocycles. The lowest BCUT2D eigenvalue weighted by molar-refractivity contribution is -0.109. The van der Waals surface area contributed by atoms with Gasteiger partial charge in [-0.25, -0.2) is 9.13 Å². The van der Waals surface area contributed by atoms with E-state index < -0.39 is 40.6 Å². The van der Waals surface area contributed by atoms with Gasteiger partial charge in [-0.05, 0) is 6.92 Å². The van der Waals surface area contributed by atoms with Crippen molar-refractivity contribution in [2.24, 2.45) is 0 Å². The third-order valence-corrected chi connectivity index (χ3v) is 4.72. The first-order valence-electron chi connectivity index (χ1n) is 4.11. The van der Waals surface area contributed by atoms with Crippen LogP contribution in [0.3, 0.4) is 0 Å². The SMILES string of the molecule is C[C@]1(CO)OP(=O)(O)OP(=O)(O)OC[C@H]1O. The monoisotopic (exact) mass is 278 g/mol. The summed E-state index contributed by atoms with van der Waals surface area (Å²) < 4.78 is 34.7. The fourth-order valence-electron chi connectivity index (χ4n) is 0.970. The van der Waals surface area contributed by atoms with E-state index in [1.807, 2.05) is 0 Å². The molecule has 4 N–H and O–H groups in total. The molecule has 0 saturated carbocycles. The smallest absolute Gasteiger partial charge is 0.393 e. The molecular formula is C5H12O9P2. The second-order valence-corrected chi connectivity index (χ2v) is 6.36. The minimum atomic E-state index is -4.91. The fourth-order valence-corrected chi connectivity index (χ4v) is 3.37. The molecule has 1 fully saturated rings. The molecule has 1 heterocycles. The van der Waals surface area contributed by atoms with Crippen molar-refractivity contribution in [1.29, 1.82) is 0 Å². The zero-order valence-corrected chi connectivity index (χ0v) is 10.0. The van der Waals surface area contributed by atoms with Gasteiger partial charge in [-0.1, -0.05) is 0 Å². The molecule has 0 spiro atoms. The Balaban J connectivity index is 3.01. The minimum Gasteiger partial charge on any atom is -0.393 e. The zero-order chi connectivity index (χ0) is 12.6. The van der Waals surface area contributed by atoms with Crippen LogP contribution in [0.2, 0.25) is 0 Å². The summed E-state index contributed by atoms with van der Waals surface area (Å²) in [4.78, 5) is 18.0. The average Bonchev–Trinajstić information content (AvgIpc) is 2.10. The highest BCUT2D eigenvalue weighted by atomic mass is 31.3. The molecular weight excluding hydrogens is 266 g/mol. The standard InChI is InChI=1S/C5H12O9P2/c1-5(3-6)4(7)2-12-15(8,9)14-16(10,11)13-5/h4,6-7H,2-3H2,1H3,(H,8,9)(H,10,11)/t4-,5-/m1/s1. The van der Waals surface area contributed by atoms with E-state index in [1.54, 1.807) is 0 Å². The first-order valence-corrected chi connectivity index (χ1v) is 7.10. The minimum absolute atomic E-state index is 0.690. The van der Waals surface area contributed by atoms with Gasteiger partial charge in [-0.15, -0.1) is 0 Å². The van der Waals surface area contributed by atoms with E-state index in [0.717, 1.165) is 6.92 Å². The fraction of sp³-hybridized carbons (Fsp3) is 1.00. The van der Waals surface area contributed by atoms with Gasteiger partial charge in [-0.2, -0.15) is 4.31 Å². The quantitative estimate of drug-likeness (QED) is 0.460. The third kappa shape index (κ3) is 3.33. The predicted molar refractivity (Wildman–Crippen MR) is 49.3 cm³/mol. The molecule has 1 aliphatic heterocycles. The lowest BCUT2D eigenvalue weighted by Crippen LogP contribution is -2.47. The largest absolute Gasteiger partial charge is 0.481 e. The van der Waals surface area contributed by atoms with E-state index in [0.29, 0.717) is 0 Å². The summed E-state index contributed by atoms with van der Waals surface area (Å²) in [6, 6.07) is 0. The van der Waals surface area contributed by atoms with E-state index in [2.05, 4.69) is 13.4 Å². The molecule has 0 aromatic rings. The maximum absolute atomic E-state index is 11.2. The van der Waals surface area contributed by atoms with Gasteiger partial charge in [0.15, 0.2) is 0 Å². The number of phosphoric acid groups is 2. The number of hydrogen-bond acceptors (Lipinski definition) is 7. The van der Waals surface area contributed by atoms with Crippen molar-refractivity contribution in [3.8, 4) is 0 Å². The topological polar surface area (TPSA) is 143 Å². The predicted octanol–water partition coefficient (Wildman–Crippen LogP) is -0.638. The molecule has 0 radical (unpaired) electrons. The van der Waals surface area contributed by atoms with Crippen LogP contribution in [-0.4, -0.2) is 44.9 Å². The lowest BCUT2D eigenvalue weighted by atomic mass is 10.0. The number of rotatable bonds is 1. The van der Waals surface area contributed by atoms with Crippen LogP contribution in [0.1, 0.15) is 6.92 Å². The molecule has 2 unspecified atom stereocenters. The van der Waals surface area contributed by atoms with Gasteiger partial charge in [0, 0.05) is 0 Å². The Hall–Kier alpha value is 0.180. The lowest BCUT2D eigenvalue weighted by Gasteiger charge is -2.35. The summed E-state index contributed by atoms with van der Waals surface area (Å²) >= 11 is 0. The summed E-state index contributed by atoms with van der Waals surface area (Å²) in [7, 11) is -9.68. The van der Waals surface area contributed by atoms with Gasteiger partial charge < -0.3 is 20.0 Å². The van der Waals surface area contributed by atoms with Crippen molar-refractivity contribution in [2.45, 2.75) is 18.6 Å². The second kappa shape index (κ2) is 4.45. The Labute approximate surface area is 90.8 Å². The van der Waals surface area contributed by atoms with Crippen LogP contribution in [0.4, 0.5) is 0 Å². The summed E-state index contributed by atoms with van der Waals surface area (Å²) in [5.74, 6) is 0. The highest BCUT2D eigenvalue weighted by molar-refractivity contribution is 7.61. The van der Waals surface area contributed by atoms with Crippen LogP contribution in [0.25, 0.3) is 0 Å².